The number of aliphatic hydroxyl groups is 1. The second-order valence-corrected chi connectivity index (χ2v) is 5.14. The molecule has 0 fully saturated rings. The van der Waals surface area contributed by atoms with Crippen LogP contribution in [0, 0.1) is 17.9 Å². The Labute approximate surface area is 142 Å². The van der Waals surface area contributed by atoms with Crippen molar-refractivity contribution >= 4 is 34.7 Å². The molecule has 1 heterocycles. The van der Waals surface area contributed by atoms with Crippen LogP contribution in [-0.2, 0) is 0 Å². The van der Waals surface area contributed by atoms with Gasteiger partial charge in [-0.3, -0.25) is 0 Å². The predicted octanol–water partition coefficient (Wildman–Crippen LogP) is 3.43. The molecule has 0 saturated heterocycles. The molecule has 8 heteroatoms. The Bertz CT molecular complexity index is 841. The van der Waals surface area contributed by atoms with Crippen LogP contribution in [-0.4, -0.2) is 23.3 Å². The van der Waals surface area contributed by atoms with E-state index < -0.39 is 0 Å². The van der Waals surface area contributed by atoms with Gasteiger partial charge in [-0.25, -0.2) is 9.83 Å². The van der Waals surface area contributed by atoms with E-state index in [0.29, 0.717) is 10.6 Å². The Hall–Kier alpha value is -2.51. The molecular weight excluding hydrogens is 339 g/mol. The second kappa shape index (κ2) is 7.17. The summed E-state index contributed by atoms with van der Waals surface area (Å²) in [7, 11) is 0. The summed E-state index contributed by atoms with van der Waals surface area (Å²) in [4.78, 5) is 7.33. The Morgan fingerprint density at radius 1 is 1.39 bits per heavy atom. The molecule has 0 aliphatic heterocycles. The molecule has 0 atom stereocenters. The predicted molar refractivity (Wildman–Crippen MR) is 87.7 cm³/mol. The zero-order valence-electron chi connectivity index (χ0n) is 11.7. The molecule has 0 amide bonds. The summed E-state index contributed by atoms with van der Waals surface area (Å²) in [6.45, 7) is 7.08. The average Bonchev–Trinajstić information content (AvgIpc) is 2.54. The van der Waals surface area contributed by atoms with E-state index in [1.54, 1.807) is 12.1 Å². The number of aromatic nitrogens is 1. The minimum absolute atomic E-state index is 0.0163. The lowest BCUT2D eigenvalue weighted by atomic mass is 9.99. The Morgan fingerprint density at radius 2 is 2.13 bits per heavy atom. The first-order valence-electron chi connectivity index (χ1n) is 6.33. The van der Waals surface area contributed by atoms with Crippen molar-refractivity contribution in [3.8, 4) is 23.1 Å². The van der Waals surface area contributed by atoms with E-state index in [0.717, 1.165) is 0 Å². The molecule has 0 unspecified atom stereocenters. The summed E-state index contributed by atoms with van der Waals surface area (Å²) in [6, 6.07) is 6.65. The van der Waals surface area contributed by atoms with Crippen LogP contribution in [0.15, 0.2) is 18.2 Å². The largest absolute Gasteiger partial charge is 0.484 e. The lowest BCUT2D eigenvalue weighted by Gasteiger charge is -2.14. The third kappa shape index (κ3) is 3.30. The first kappa shape index (κ1) is 16.9. The van der Waals surface area contributed by atoms with Gasteiger partial charge in [0.1, 0.15) is 18.5 Å². The summed E-state index contributed by atoms with van der Waals surface area (Å²) in [5.41, 5.74) is 6.61. The van der Waals surface area contributed by atoms with Gasteiger partial charge in [-0.05, 0) is 17.7 Å². The number of nitriles is 1. The summed E-state index contributed by atoms with van der Waals surface area (Å²) in [5, 5.41) is 18.8. The lowest BCUT2D eigenvalue weighted by molar-refractivity contribution is 0.198. The number of nitrogens with two attached hydrogens (primary N) is 1. The van der Waals surface area contributed by atoms with Gasteiger partial charge in [0.25, 0.3) is 5.69 Å². The SMILES string of the molecule is [C-]#[N+]c1c(OCCO)nc(N)c(C#N)c1-c1ccc(Cl)c(Cl)c1. The summed E-state index contributed by atoms with van der Waals surface area (Å²) < 4.78 is 5.25. The van der Waals surface area contributed by atoms with Crippen molar-refractivity contribution in [1.82, 2.24) is 4.98 Å². The molecule has 3 N–H and O–H groups in total. The third-order valence-corrected chi connectivity index (χ3v) is 3.67. The highest BCUT2D eigenvalue weighted by Crippen LogP contribution is 2.43. The molecule has 0 bridgehead atoms. The standard InChI is InChI=1S/C15H10Cl2N4O2/c1-20-13-12(8-2-3-10(16)11(17)6-8)9(7-18)14(19)21-15(13)23-5-4-22/h2-3,6,22H,4-5H2,(H2,19,21). The van der Waals surface area contributed by atoms with Gasteiger partial charge in [0.15, 0.2) is 0 Å². The van der Waals surface area contributed by atoms with Crippen LogP contribution < -0.4 is 10.5 Å². The minimum Gasteiger partial charge on any atom is -0.484 e. The number of hydrogen-bond acceptors (Lipinski definition) is 5. The molecule has 116 valence electrons. The summed E-state index contributed by atoms with van der Waals surface area (Å²) in [6.07, 6.45) is 0. The topological polar surface area (TPSA) is 96.5 Å². The molecule has 2 aromatic rings. The number of pyridine rings is 1. The van der Waals surface area contributed by atoms with Crippen LogP contribution in [0.3, 0.4) is 0 Å². The van der Waals surface area contributed by atoms with Gasteiger partial charge in [-0.1, -0.05) is 29.3 Å². The van der Waals surface area contributed by atoms with Crippen LogP contribution in [0.5, 0.6) is 5.88 Å². The van der Waals surface area contributed by atoms with Gasteiger partial charge in [0.05, 0.1) is 28.8 Å². The monoisotopic (exact) mass is 348 g/mol. The fourth-order valence-corrected chi connectivity index (χ4v) is 2.26. The van der Waals surface area contributed by atoms with E-state index in [9.17, 15) is 5.26 Å². The molecule has 1 aromatic carbocycles. The molecule has 1 aromatic heterocycles. The molecule has 23 heavy (non-hydrogen) atoms. The quantitative estimate of drug-likeness (QED) is 0.825. The Kier molecular flexibility index (Phi) is 5.25. The highest BCUT2D eigenvalue weighted by Gasteiger charge is 2.21. The maximum absolute atomic E-state index is 9.36. The number of nitrogens with zero attached hydrogens (tertiary/aromatic N) is 3. The molecule has 0 saturated carbocycles. The number of rotatable bonds is 4. The van der Waals surface area contributed by atoms with Gasteiger partial charge < -0.3 is 15.6 Å². The smallest absolute Gasteiger partial charge is 0.256 e. The first-order chi connectivity index (χ1) is 11.0. The van der Waals surface area contributed by atoms with Gasteiger partial charge in [-0.15, -0.1) is 0 Å². The first-order valence-corrected chi connectivity index (χ1v) is 7.09. The molecule has 6 nitrogen and oxygen atoms in total. The molecular formula is C15H10Cl2N4O2. The minimum atomic E-state index is -0.249. The van der Waals surface area contributed by atoms with Crippen molar-refractivity contribution in [2.45, 2.75) is 0 Å². The van der Waals surface area contributed by atoms with E-state index in [1.165, 1.54) is 6.07 Å². The van der Waals surface area contributed by atoms with Crippen LogP contribution in [0.2, 0.25) is 10.0 Å². The molecule has 2 rings (SSSR count). The van der Waals surface area contributed by atoms with Gasteiger partial charge >= 0.3 is 0 Å². The van der Waals surface area contributed by atoms with E-state index in [-0.39, 0.29) is 46.7 Å². The van der Waals surface area contributed by atoms with Gasteiger partial charge in [-0.2, -0.15) is 5.26 Å². The zero-order chi connectivity index (χ0) is 17.0. The lowest BCUT2D eigenvalue weighted by Crippen LogP contribution is -2.06. The fraction of sp³-hybridized carbons (Fsp3) is 0.133. The zero-order valence-corrected chi connectivity index (χ0v) is 13.2. The van der Waals surface area contributed by atoms with Crippen LogP contribution in [0.4, 0.5) is 11.5 Å². The second-order valence-electron chi connectivity index (χ2n) is 4.33. The van der Waals surface area contributed by atoms with E-state index in [1.807, 2.05) is 6.07 Å². The van der Waals surface area contributed by atoms with Crippen LogP contribution in [0.1, 0.15) is 5.56 Å². The van der Waals surface area contributed by atoms with Gasteiger partial charge in [0.2, 0.25) is 5.88 Å². The molecule has 0 spiro atoms. The number of halogens is 2. The third-order valence-electron chi connectivity index (χ3n) is 2.93. The molecule has 0 aliphatic rings. The van der Waals surface area contributed by atoms with E-state index in [2.05, 4.69) is 9.83 Å². The normalized spacial score (nSPS) is 9.96. The summed E-state index contributed by atoms with van der Waals surface area (Å²) >= 11 is 11.9. The van der Waals surface area contributed by atoms with Crippen molar-refractivity contribution in [2.24, 2.45) is 0 Å². The number of hydrogen-bond donors (Lipinski definition) is 2. The van der Waals surface area contributed by atoms with Crippen molar-refractivity contribution in [3.63, 3.8) is 0 Å². The highest BCUT2D eigenvalue weighted by molar-refractivity contribution is 6.42. The van der Waals surface area contributed by atoms with Crippen molar-refractivity contribution in [3.05, 3.63) is 45.2 Å². The summed E-state index contributed by atoms with van der Waals surface area (Å²) in [5.74, 6) is -0.125. The van der Waals surface area contributed by atoms with Crippen LogP contribution >= 0.6 is 23.2 Å². The Morgan fingerprint density at radius 3 is 2.70 bits per heavy atom. The Balaban J connectivity index is 2.78. The molecule has 0 radical (unpaired) electrons. The number of aliphatic hydroxyl groups excluding tert-OH is 1. The number of ether oxygens (including phenoxy) is 1. The van der Waals surface area contributed by atoms with Gasteiger partial charge in [0, 0.05) is 5.56 Å². The number of nitrogen functional groups attached to an aromatic ring is 1. The van der Waals surface area contributed by atoms with Crippen LogP contribution in [0.25, 0.3) is 16.0 Å². The fourth-order valence-electron chi connectivity index (χ4n) is 1.96. The maximum atomic E-state index is 9.36. The van der Waals surface area contributed by atoms with E-state index in [4.69, 9.17) is 45.4 Å². The average molecular weight is 349 g/mol. The van der Waals surface area contributed by atoms with Crippen molar-refractivity contribution < 1.29 is 9.84 Å². The van der Waals surface area contributed by atoms with Crippen molar-refractivity contribution in [1.29, 1.82) is 5.26 Å². The highest BCUT2D eigenvalue weighted by atomic mass is 35.5. The number of benzene rings is 1. The van der Waals surface area contributed by atoms with E-state index >= 15 is 0 Å². The van der Waals surface area contributed by atoms with Crippen molar-refractivity contribution in [2.75, 3.05) is 18.9 Å². The number of anilines is 1. The maximum Gasteiger partial charge on any atom is 0.256 e. The molecule has 0 aliphatic carbocycles.